The van der Waals surface area contributed by atoms with Crippen molar-refractivity contribution >= 4 is 5.97 Å². The van der Waals surface area contributed by atoms with Crippen molar-refractivity contribution in [2.75, 3.05) is 0 Å². The highest BCUT2D eigenvalue weighted by Gasteiger charge is 2.46. The van der Waals surface area contributed by atoms with Crippen molar-refractivity contribution in [1.29, 1.82) is 0 Å². The van der Waals surface area contributed by atoms with Gasteiger partial charge in [0, 0.05) is 0 Å². The summed E-state index contributed by atoms with van der Waals surface area (Å²) in [7, 11) is 0. The van der Waals surface area contributed by atoms with Gasteiger partial charge in [-0.15, -0.1) is 0 Å². The van der Waals surface area contributed by atoms with Crippen LogP contribution in [0, 0.1) is 11.3 Å². The van der Waals surface area contributed by atoms with Crippen LogP contribution in [-0.4, -0.2) is 24.3 Å². The van der Waals surface area contributed by atoms with E-state index in [1.807, 2.05) is 0 Å². The van der Waals surface area contributed by atoms with Gasteiger partial charge in [0.1, 0.15) is 6.04 Å². The van der Waals surface area contributed by atoms with Crippen LogP contribution in [0.3, 0.4) is 0 Å². The summed E-state index contributed by atoms with van der Waals surface area (Å²) in [6.07, 6.45) is -4.43. The third-order valence-corrected chi connectivity index (χ3v) is 2.84. The maximum absolute atomic E-state index is 12.7. The van der Waals surface area contributed by atoms with Gasteiger partial charge in [0.2, 0.25) is 0 Å². The Hall–Kier alpha value is -0.780. The molecule has 0 aliphatic carbocycles. The number of esters is 1. The van der Waals surface area contributed by atoms with Gasteiger partial charge in [-0.05, 0) is 25.2 Å². The molecule has 0 saturated heterocycles. The van der Waals surface area contributed by atoms with Crippen molar-refractivity contribution in [3.8, 4) is 0 Å². The van der Waals surface area contributed by atoms with E-state index in [1.54, 1.807) is 34.6 Å². The molecular formula is C13H24F3NO2. The van der Waals surface area contributed by atoms with Crippen molar-refractivity contribution in [3.63, 3.8) is 0 Å². The van der Waals surface area contributed by atoms with E-state index in [9.17, 15) is 18.0 Å². The smallest absolute Gasteiger partial charge is 0.404 e. The van der Waals surface area contributed by atoms with Gasteiger partial charge in [-0.2, -0.15) is 13.2 Å². The van der Waals surface area contributed by atoms with E-state index < -0.39 is 35.6 Å². The molecule has 0 amide bonds. The molecule has 3 nitrogen and oxygen atoms in total. The molecule has 1 unspecified atom stereocenters. The summed E-state index contributed by atoms with van der Waals surface area (Å²) in [5.74, 6) is -2.23. The molecule has 6 heteroatoms. The van der Waals surface area contributed by atoms with Crippen LogP contribution < -0.4 is 5.73 Å². The summed E-state index contributed by atoms with van der Waals surface area (Å²) in [6, 6.07) is -2.19. The van der Waals surface area contributed by atoms with Crippen LogP contribution in [0.15, 0.2) is 0 Å². The minimum Gasteiger partial charge on any atom is -0.462 e. The third kappa shape index (κ3) is 6.80. The first-order valence-corrected chi connectivity index (χ1v) is 6.41. The fourth-order valence-corrected chi connectivity index (χ4v) is 1.61. The van der Waals surface area contributed by atoms with Crippen LogP contribution in [0.4, 0.5) is 13.2 Å². The standard InChI is InChI=1S/C13H24F3NO2/c1-6-8(2)19-11(18)9(7-12(3,4)5)10(17)13(14,15)16/h8-10H,6-7,17H2,1-5H3/t8?,9-,10-/m1/s1. The molecule has 3 atom stereocenters. The summed E-state index contributed by atoms with van der Waals surface area (Å²) in [6.45, 7) is 8.73. The average molecular weight is 283 g/mol. The van der Waals surface area contributed by atoms with E-state index in [1.165, 1.54) is 0 Å². The lowest BCUT2D eigenvalue weighted by Gasteiger charge is -2.30. The molecule has 0 spiro atoms. The van der Waals surface area contributed by atoms with Gasteiger partial charge in [-0.25, -0.2) is 0 Å². The largest absolute Gasteiger partial charge is 0.462 e. The topological polar surface area (TPSA) is 52.3 Å². The fraction of sp³-hybridized carbons (Fsp3) is 0.923. The van der Waals surface area contributed by atoms with Crippen LogP contribution in [0.2, 0.25) is 0 Å². The number of hydrogen-bond donors (Lipinski definition) is 1. The average Bonchev–Trinajstić information content (AvgIpc) is 2.22. The molecule has 19 heavy (non-hydrogen) atoms. The van der Waals surface area contributed by atoms with Crippen molar-refractivity contribution in [3.05, 3.63) is 0 Å². The summed E-state index contributed by atoms with van der Waals surface area (Å²) >= 11 is 0. The van der Waals surface area contributed by atoms with Gasteiger partial charge in [0.05, 0.1) is 12.0 Å². The first-order valence-electron chi connectivity index (χ1n) is 6.41. The molecule has 0 saturated carbocycles. The first-order chi connectivity index (χ1) is 8.38. The van der Waals surface area contributed by atoms with Crippen molar-refractivity contribution in [2.24, 2.45) is 17.1 Å². The molecule has 0 rings (SSSR count). The SMILES string of the molecule is CCC(C)OC(=O)[C@H](CC(C)(C)C)[C@@H](N)C(F)(F)F. The highest BCUT2D eigenvalue weighted by Crippen LogP contribution is 2.33. The Balaban J connectivity index is 5.01. The van der Waals surface area contributed by atoms with Crippen LogP contribution in [-0.2, 0) is 9.53 Å². The number of halogens is 3. The molecule has 0 aromatic carbocycles. The summed E-state index contributed by atoms with van der Waals surface area (Å²) in [5.41, 5.74) is 4.75. The van der Waals surface area contributed by atoms with Gasteiger partial charge >= 0.3 is 12.1 Å². The number of ether oxygens (including phenoxy) is 1. The van der Waals surface area contributed by atoms with Gasteiger partial charge in [0.15, 0.2) is 0 Å². The summed E-state index contributed by atoms with van der Waals surface area (Å²) in [5, 5.41) is 0. The minimum absolute atomic E-state index is 0.0307. The molecule has 0 aromatic heterocycles. The zero-order chi connectivity index (χ0) is 15.4. The van der Waals surface area contributed by atoms with Crippen LogP contribution in [0.5, 0.6) is 0 Å². The quantitative estimate of drug-likeness (QED) is 0.788. The molecule has 0 aliphatic rings. The molecule has 0 radical (unpaired) electrons. The maximum Gasteiger partial charge on any atom is 0.404 e. The van der Waals surface area contributed by atoms with Gasteiger partial charge < -0.3 is 10.5 Å². The Morgan fingerprint density at radius 1 is 1.26 bits per heavy atom. The monoisotopic (exact) mass is 283 g/mol. The van der Waals surface area contributed by atoms with Crippen LogP contribution >= 0.6 is 0 Å². The van der Waals surface area contributed by atoms with Gasteiger partial charge in [-0.1, -0.05) is 27.7 Å². The number of rotatable bonds is 5. The Morgan fingerprint density at radius 3 is 2.05 bits per heavy atom. The van der Waals surface area contributed by atoms with E-state index >= 15 is 0 Å². The Kier molecular flexibility index (Phi) is 6.32. The normalized spacial score (nSPS) is 17.7. The predicted octanol–water partition coefficient (Wildman–Crippen LogP) is 3.27. The van der Waals surface area contributed by atoms with Gasteiger partial charge in [0.25, 0.3) is 0 Å². The van der Waals surface area contributed by atoms with Crippen molar-refractivity contribution < 1.29 is 22.7 Å². The molecular weight excluding hydrogens is 259 g/mol. The number of alkyl halides is 3. The number of carbonyl (C=O) groups excluding carboxylic acids is 1. The van der Waals surface area contributed by atoms with Crippen molar-refractivity contribution in [2.45, 2.75) is 65.8 Å². The molecule has 0 heterocycles. The number of hydrogen-bond acceptors (Lipinski definition) is 3. The van der Waals surface area contributed by atoms with E-state index in [-0.39, 0.29) is 6.42 Å². The van der Waals surface area contributed by atoms with E-state index in [0.29, 0.717) is 6.42 Å². The lowest BCUT2D eigenvalue weighted by atomic mass is 9.81. The molecule has 0 aliphatic heterocycles. The lowest BCUT2D eigenvalue weighted by molar-refractivity contribution is -0.181. The van der Waals surface area contributed by atoms with Gasteiger partial charge in [-0.3, -0.25) is 4.79 Å². The molecule has 0 fully saturated rings. The van der Waals surface area contributed by atoms with E-state index in [0.717, 1.165) is 0 Å². The molecule has 0 aromatic rings. The molecule has 2 N–H and O–H groups in total. The Bertz CT molecular complexity index is 297. The Labute approximate surface area is 112 Å². The third-order valence-electron chi connectivity index (χ3n) is 2.84. The van der Waals surface area contributed by atoms with Crippen LogP contribution in [0.25, 0.3) is 0 Å². The fourth-order valence-electron chi connectivity index (χ4n) is 1.61. The second-order valence-electron chi connectivity index (χ2n) is 6.09. The highest BCUT2D eigenvalue weighted by atomic mass is 19.4. The number of nitrogens with two attached hydrogens (primary N) is 1. The first kappa shape index (κ1) is 18.2. The van der Waals surface area contributed by atoms with E-state index in [2.05, 4.69) is 0 Å². The zero-order valence-electron chi connectivity index (χ0n) is 12.2. The number of carbonyl (C=O) groups is 1. The summed E-state index contributed by atoms with van der Waals surface area (Å²) in [4.78, 5) is 11.9. The van der Waals surface area contributed by atoms with Crippen LogP contribution in [0.1, 0.15) is 47.5 Å². The maximum atomic E-state index is 12.7. The van der Waals surface area contributed by atoms with Crippen molar-refractivity contribution in [1.82, 2.24) is 0 Å². The highest BCUT2D eigenvalue weighted by molar-refractivity contribution is 5.73. The zero-order valence-corrected chi connectivity index (χ0v) is 12.2. The predicted molar refractivity (Wildman–Crippen MR) is 67.4 cm³/mol. The second kappa shape index (κ2) is 6.59. The minimum atomic E-state index is -4.61. The summed E-state index contributed by atoms with van der Waals surface area (Å²) < 4.78 is 43.2. The molecule has 114 valence electrons. The molecule has 0 bridgehead atoms. The second-order valence-corrected chi connectivity index (χ2v) is 6.09. The Morgan fingerprint density at radius 2 is 1.74 bits per heavy atom. The van der Waals surface area contributed by atoms with E-state index in [4.69, 9.17) is 10.5 Å². The lowest BCUT2D eigenvalue weighted by Crippen LogP contribution is -2.49.